The highest BCUT2D eigenvalue weighted by Gasteiger charge is 2.23. The van der Waals surface area contributed by atoms with Crippen LogP contribution < -0.4 is 11.1 Å². The van der Waals surface area contributed by atoms with Crippen LogP contribution in [0.15, 0.2) is 35.3 Å². The molecule has 1 saturated heterocycles. The van der Waals surface area contributed by atoms with E-state index in [2.05, 4.69) is 15.2 Å². The first-order valence-electron chi connectivity index (χ1n) is 9.69. The van der Waals surface area contributed by atoms with Crippen LogP contribution in [0.3, 0.4) is 0 Å². The van der Waals surface area contributed by atoms with Crippen molar-refractivity contribution in [2.24, 2.45) is 16.6 Å². The molecular weight excluding hydrogens is 344 g/mol. The van der Waals surface area contributed by atoms with Gasteiger partial charge in [0.15, 0.2) is 5.96 Å². The number of ether oxygens (including phenoxy) is 1. The highest BCUT2D eigenvalue weighted by Crippen LogP contribution is 2.19. The summed E-state index contributed by atoms with van der Waals surface area (Å²) in [4.78, 5) is 17.9. The van der Waals surface area contributed by atoms with E-state index in [9.17, 15) is 9.90 Å². The van der Waals surface area contributed by atoms with Gasteiger partial charge < -0.3 is 25.8 Å². The molecule has 0 spiro atoms. The molecule has 1 aromatic rings. The predicted molar refractivity (Wildman–Crippen MR) is 106 cm³/mol. The quantitative estimate of drug-likeness (QED) is 0.443. The molecule has 0 saturated carbocycles. The first-order chi connectivity index (χ1) is 13.1. The van der Waals surface area contributed by atoms with Crippen LogP contribution in [0.25, 0.3) is 0 Å². The second-order valence-corrected chi connectivity index (χ2v) is 6.97. The number of amides is 1. The lowest BCUT2D eigenvalue weighted by atomic mass is 9.95. The van der Waals surface area contributed by atoms with Gasteiger partial charge in [0.25, 0.3) is 0 Å². The fourth-order valence-corrected chi connectivity index (χ4v) is 3.27. The number of nitrogens with one attached hydrogen (secondary N) is 1. The second kappa shape index (κ2) is 11.6. The molecule has 0 aromatic heterocycles. The molecule has 150 valence electrons. The Bertz CT molecular complexity index is 594. The third-order valence-corrected chi connectivity index (χ3v) is 4.52. The molecule has 1 aromatic carbocycles. The molecule has 4 N–H and O–H groups in total. The van der Waals surface area contributed by atoms with Gasteiger partial charge in [0, 0.05) is 26.1 Å². The molecule has 7 nitrogen and oxygen atoms in total. The minimum atomic E-state index is -0.659. The molecule has 2 rings (SSSR count). The molecule has 0 radical (unpaired) electrons. The first kappa shape index (κ1) is 21.2. The van der Waals surface area contributed by atoms with Crippen molar-refractivity contribution in [3.05, 3.63) is 35.9 Å². The monoisotopic (exact) mass is 376 g/mol. The van der Waals surface area contributed by atoms with Crippen molar-refractivity contribution in [1.29, 1.82) is 0 Å². The van der Waals surface area contributed by atoms with E-state index in [0.29, 0.717) is 13.0 Å². The molecular formula is C20H32N4O3. The maximum absolute atomic E-state index is 11.2. The summed E-state index contributed by atoms with van der Waals surface area (Å²) in [7, 11) is 0. The van der Waals surface area contributed by atoms with Crippen LogP contribution in [0.4, 0.5) is 0 Å². The molecule has 1 aliphatic rings. The van der Waals surface area contributed by atoms with E-state index in [1.165, 1.54) is 0 Å². The summed E-state index contributed by atoms with van der Waals surface area (Å²) in [6.45, 7) is 5.39. The third kappa shape index (κ3) is 7.97. The van der Waals surface area contributed by atoms with Gasteiger partial charge in [0.05, 0.1) is 25.9 Å². The molecule has 1 amide bonds. The number of guanidine groups is 1. The van der Waals surface area contributed by atoms with Gasteiger partial charge >= 0.3 is 0 Å². The number of hydrogen-bond donors (Lipinski definition) is 3. The molecule has 7 heteroatoms. The van der Waals surface area contributed by atoms with Crippen molar-refractivity contribution >= 4 is 11.9 Å². The third-order valence-electron chi connectivity index (χ3n) is 4.52. The number of aliphatic imine (C=N–C) groups is 1. The summed E-state index contributed by atoms with van der Waals surface area (Å²) in [5, 5.41) is 13.4. The lowest BCUT2D eigenvalue weighted by Gasteiger charge is -2.34. The zero-order chi connectivity index (χ0) is 19.5. The molecule has 0 bridgehead atoms. The highest BCUT2D eigenvalue weighted by atomic mass is 16.5. The van der Waals surface area contributed by atoms with E-state index in [1.807, 2.05) is 37.3 Å². The Morgan fingerprint density at radius 1 is 1.44 bits per heavy atom. The second-order valence-electron chi connectivity index (χ2n) is 6.97. The number of likely N-dealkylation sites (tertiary alicyclic amines) is 1. The summed E-state index contributed by atoms with van der Waals surface area (Å²) in [6.07, 6.45) is 1.76. The summed E-state index contributed by atoms with van der Waals surface area (Å²) < 4.78 is 5.58. The van der Waals surface area contributed by atoms with Crippen molar-refractivity contribution in [2.75, 3.05) is 32.8 Å². The number of carbonyl (C=O) groups is 1. The average Bonchev–Trinajstić information content (AvgIpc) is 2.65. The largest absolute Gasteiger partial charge is 0.389 e. The van der Waals surface area contributed by atoms with Crippen LogP contribution in [0.5, 0.6) is 0 Å². The van der Waals surface area contributed by atoms with Gasteiger partial charge in [-0.15, -0.1) is 0 Å². The standard InChI is InChI=1S/C20H32N4O3/c1-2-22-20(24-10-6-9-17(13-24)11-19(21)26)23-12-18(25)15-27-14-16-7-4-3-5-8-16/h3-5,7-8,17-18,25H,2,6,9-15H2,1H3,(H2,21,26)(H,22,23). The number of nitrogens with two attached hydrogens (primary N) is 1. The van der Waals surface area contributed by atoms with E-state index >= 15 is 0 Å². The van der Waals surface area contributed by atoms with Gasteiger partial charge in [-0.25, -0.2) is 0 Å². The minimum absolute atomic E-state index is 0.238. The van der Waals surface area contributed by atoms with Gasteiger partial charge in [-0.05, 0) is 31.2 Å². The summed E-state index contributed by atoms with van der Waals surface area (Å²) in [5.41, 5.74) is 6.42. The summed E-state index contributed by atoms with van der Waals surface area (Å²) in [6, 6.07) is 9.88. The van der Waals surface area contributed by atoms with Crippen molar-refractivity contribution in [2.45, 2.75) is 38.9 Å². The van der Waals surface area contributed by atoms with Crippen LogP contribution in [0, 0.1) is 5.92 Å². The average molecular weight is 377 g/mol. The predicted octanol–water partition coefficient (Wildman–Crippen LogP) is 1.12. The Labute approximate surface area is 161 Å². The number of rotatable bonds is 9. The Kier molecular flexibility index (Phi) is 9.07. The highest BCUT2D eigenvalue weighted by molar-refractivity contribution is 5.80. The fourth-order valence-electron chi connectivity index (χ4n) is 3.27. The Morgan fingerprint density at radius 3 is 2.93 bits per heavy atom. The van der Waals surface area contributed by atoms with Gasteiger partial charge in [-0.3, -0.25) is 9.79 Å². The molecule has 27 heavy (non-hydrogen) atoms. The molecule has 2 atom stereocenters. The molecule has 2 unspecified atom stereocenters. The van der Waals surface area contributed by atoms with Gasteiger partial charge in [0.1, 0.15) is 0 Å². The van der Waals surface area contributed by atoms with E-state index < -0.39 is 6.10 Å². The maximum atomic E-state index is 11.2. The number of benzene rings is 1. The SMILES string of the molecule is CCNC(=NCC(O)COCc1ccccc1)N1CCCC(CC(N)=O)C1. The topological polar surface area (TPSA) is 100 Å². The van der Waals surface area contributed by atoms with Crippen LogP contribution in [0.2, 0.25) is 0 Å². The molecule has 1 aliphatic heterocycles. The lowest BCUT2D eigenvalue weighted by molar-refractivity contribution is -0.119. The zero-order valence-corrected chi connectivity index (χ0v) is 16.1. The van der Waals surface area contributed by atoms with Crippen molar-refractivity contribution in [3.63, 3.8) is 0 Å². The number of piperidine rings is 1. The first-order valence-corrected chi connectivity index (χ1v) is 9.69. The van der Waals surface area contributed by atoms with Crippen LogP contribution in [-0.4, -0.2) is 60.8 Å². The number of hydrogen-bond acceptors (Lipinski definition) is 4. The number of primary amides is 1. The minimum Gasteiger partial charge on any atom is -0.389 e. The Morgan fingerprint density at radius 2 is 2.22 bits per heavy atom. The van der Waals surface area contributed by atoms with E-state index in [-0.39, 0.29) is 25.0 Å². The van der Waals surface area contributed by atoms with E-state index in [4.69, 9.17) is 10.5 Å². The van der Waals surface area contributed by atoms with E-state index in [1.54, 1.807) is 0 Å². The zero-order valence-electron chi connectivity index (χ0n) is 16.1. The smallest absolute Gasteiger partial charge is 0.217 e. The molecule has 1 heterocycles. The summed E-state index contributed by atoms with van der Waals surface area (Å²) in [5.74, 6) is 0.780. The van der Waals surface area contributed by atoms with Crippen LogP contribution in [0.1, 0.15) is 31.7 Å². The van der Waals surface area contributed by atoms with Crippen molar-refractivity contribution in [1.82, 2.24) is 10.2 Å². The number of carbonyl (C=O) groups excluding carboxylic acids is 1. The maximum Gasteiger partial charge on any atom is 0.217 e. The van der Waals surface area contributed by atoms with Gasteiger partial charge in [-0.1, -0.05) is 30.3 Å². The Balaban J connectivity index is 1.81. The number of aliphatic hydroxyl groups excluding tert-OH is 1. The molecule has 0 aliphatic carbocycles. The molecule has 1 fully saturated rings. The van der Waals surface area contributed by atoms with Gasteiger partial charge in [-0.2, -0.15) is 0 Å². The number of nitrogens with zero attached hydrogens (tertiary/aromatic N) is 2. The number of aliphatic hydroxyl groups is 1. The van der Waals surface area contributed by atoms with E-state index in [0.717, 1.165) is 44.0 Å². The van der Waals surface area contributed by atoms with Gasteiger partial charge in [0.2, 0.25) is 5.91 Å². The fraction of sp³-hybridized carbons (Fsp3) is 0.600. The summed E-state index contributed by atoms with van der Waals surface area (Å²) >= 11 is 0. The van der Waals surface area contributed by atoms with Crippen molar-refractivity contribution in [3.8, 4) is 0 Å². The lowest BCUT2D eigenvalue weighted by Crippen LogP contribution is -2.47. The van der Waals surface area contributed by atoms with Crippen LogP contribution in [-0.2, 0) is 16.1 Å². The Hall–Kier alpha value is -2.12. The van der Waals surface area contributed by atoms with Crippen LogP contribution >= 0.6 is 0 Å². The van der Waals surface area contributed by atoms with Crippen molar-refractivity contribution < 1.29 is 14.6 Å². The normalized spacial score (nSPS) is 19.0.